The smallest absolute Gasteiger partial charge is 0.228 e. The maximum absolute atomic E-state index is 6.17. The normalized spacial score (nSPS) is 19.4. The van der Waals surface area contributed by atoms with E-state index in [4.69, 9.17) is 26.3 Å². The largest absolute Gasteiger partial charge is 0.376 e. The zero-order valence-corrected chi connectivity index (χ0v) is 17.7. The van der Waals surface area contributed by atoms with Gasteiger partial charge in [0.2, 0.25) is 5.95 Å². The predicted molar refractivity (Wildman–Crippen MR) is 123 cm³/mol. The Balaban J connectivity index is 1.34. The number of para-hydroxylation sites is 1. The van der Waals surface area contributed by atoms with Gasteiger partial charge in [0, 0.05) is 55.4 Å². The summed E-state index contributed by atoms with van der Waals surface area (Å²) in [6.45, 7) is 5.21. The van der Waals surface area contributed by atoms with Crippen LogP contribution in [0.25, 0.3) is 10.9 Å². The third-order valence-electron chi connectivity index (χ3n) is 5.85. The molecule has 7 heteroatoms. The highest BCUT2D eigenvalue weighted by atomic mass is 35.5. The summed E-state index contributed by atoms with van der Waals surface area (Å²) in [5.74, 6) is 1.68. The first-order valence-electron chi connectivity index (χ1n) is 10.6. The van der Waals surface area contributed by atoms with E-state index in [1.165, 1.54) is 5.69 Å². The number of hydrogen-bond acceptors (Lipinski definition) is 6. The van der Waals surface area contributed by atoms with Gasteiger partial charge in [0.25, 0.3) is 0 Å². The molecule has 1 aromatic heterocycles. The van der Waals surface area contributed by atoms with Gasteiger partial charge in [-0.25, -0.2) is 4.98 Å². The molecule has 0 spiro atoms. The Hall–Kier alpha value is -2.57. The minimum Gasteiger partial charge on any atom is -0.376 e. The fourth-order valence-electron chi connectivity index (χ4n) is 4.19. The van der Waals surface area contributed by atoms with Crippen LogP contribution < -0.4 is 15.1 Å². The molecule has 5 rings (SSSR count). The molecule has 0 amide bonds. The Bertz CT molecular complexity index is 1020. The SMILES string of the molecule is Clc1cccc(N2CCN(c3nc(NCC4CCCO4)c4ccccc4n3)CC2)c1. The Morgan fingerprint density at radius 3 is 2.63 bits per heavy atom. The molecule has 3 heterocycles. The number of nitrogens with zero attached hydrogens (tertiary/aromatic N) is 4. The van der Waals surface area contributed by atoms with Gasteiger partial charge in [-0.2, -0.15) is 4.98 Å². The summed E-state index contributed by atoms with van der Waals surface area (Å²) in [7, 11) is 0. The van der Waals surface area contributed by atoms with Crippen LogP contribution in [-0.2, 0) is 4.74 Å². The number of piperazine rings is 1. The van der Waals surface area contributed by atoms with Crippen LogP contribution in [0.2, 0.25) is 5.02 Å². The fourth-order valence-corrected chi connectivity index (χ4v) is 4.38. The van der Waals surface area contributed by atoms with Crippen molar-refractivity contribution in [1.82, 2.24) is 9.97 Å². The van der Waals surface area contributed by atoms with Gasteiger partial charge >= 0.3 is 0 Å². The van der Waals surface area contributed by atoms with Gasteiger partial charge in [0.05, 0.1) is 11.6 Å². The molecule has 30 heavy (non-hydrogen) atoms. The van der Waals surface area contributed by atoms with Crippen molar-refractivity contribution in [3.05, 3.63) is 53.6 Å². The maximum atomic E-state index is 6.17. The van der Waals surface area contributed by atoms with Crippen LogP contribution in [0, 0.1) is 0 Å². The molecule has 6 nitrogen and oxygen atoms in total. The van der Waals surface area contributed by atoms with Crippen molar-refractivity contribution < 1.29 is 4.74 Å². The lowest BCUT2D eigenvalue weighted by molar-refractivity contribution is 0.120. The second-order valence-corrected chi connectivity index (χ2v) is 8.30. The van der Waals surface area contributed by atoms with Gasteiger partial charge in [-0.3, -0.25) is 0 Å². The highest BCUT2D eigenvalue weighted by molar-refractivity contribution is 6.30. The molecule has 2 fully saturated rings. The van der Waals surface area contributed by atoms with E-state index in [-0.39, 0.29) is 6.10 Å². The van der Waals surface area contributed by atoms with Crippen molar-refractivity contribution >= 4 is 40.0 Å². The number of anilines is 3. The molecule has 1 N–H and O–H groups in total. The standard InChI is InChI=1S/C23H26ClN5O/c24-17-5-3-6-18(15-17)28-10-12-29(13-11-28)23-26-21-9-2-1-8-20(21)22(27-23)25-16-19-7-4-14-30-19/h1-3,5-6,8-9,15,19H,4,7,10-14,16H2,(H,25,26,27). The topological polar surface area (TPSA) is 53.5 Å². The van der Waals surface area contributed by atoms with Gasteiger partial charge < -0.3 is 19.9 Å². The number of ether oxygens (including phenoxy) is 1. The number of halogens is 1. The summed E-state index contributed by atoms with van der Waals surface area (Å²) in [5, 5.41) is 5.35. The average molecular weight is 424 g/mol. The summed E-state index contributed by atoms with van der Waals surface area (Å²) in [5.41, 5.74) is 2.13. The number of benzene rings is 2. The van der Waals surface area contributed by atoms with Crippen LogP contribution in [-0.4, -0.2) is 55.4 Å². The van der Waals surface area contributed by atoms with Crippen molar-refractivity contribution in [2.45, 2.75) is 18.9 Å². The molecule has 3 aromatic rings. The Morgan fingerprint density at radius 1 is 1.00 bits per heavy atom. The monoisotopic (exact) mass is 423 g/mol. The molecule has 2 saturated heterocycles. The van der Waals surface area contributed by atoms with Gasteiger partial charge in [-0.05, 0) is 43.2 Å². The highest BCUT2D eigenvalue weighted by Crippen LogP contribution is 2.26. The summed E-state index contributed by atoms with van der Waals surface area (Å²) in [4.78, 5) is 14.4. The summed E-state index contributed by atoms with van der Waals surface area (Å²) in [6, 6.07) is 16.2. The molecular formula is C23H26ClN5O. The molecule has 0 radical (unpaired) electrons. The molecule has 156 valence electrons. The van der Waals surface area contributed by atoms with Crippen LogP contribution in [0.3, 0.4) is 0 Å². The summed E-state index contributed by atoms with van der Waals surface area (Å²) < 4.78 is 5.76. The van der Waals surface area contributed by atoms with Gasteiger partial charge in [-0.1, -0.05) is 29.8 Å². The van der Waals surface area contributed by atoms with E-state index in [1.54, 1.807) is 0 Å². The molecule has 0 saturated carbocycles. The van der Waals surface area contributed by atoms with Crippen molar-refractivity contribution in [1.29, 1.82) is 0 Å². The number of aromatic nitrogens is 2. The molecular weight excluding hydrogens is 398 g/mol. The van der Waals surface area contributed by atoms with Crippen molar-refractivity contribution in [2.24, 2.45) is 0 Å². The molecule has 2 aliphatic rings. The van der Waals surface area contributed by atoms with Crippen LogP contribution >= 0.6 is 11.6 Å². The molecule has 0 bridgehead atoms. The molecule has 1 unspecified atom stereocenters. The minimum atomic E-state index is 0.267. The quantitative estimate of drug-likeness (QED) is 0.663. The lowest BCUT2D eigenvalue weighted by Crippen LogP contribution is -2.47. The molecule has 1 atom stereocenters. The minimum absolute atomic E-state index is 0.267. The highest BCUT2D eigenvalue weighted by Gasteiger charge is 2.21. The third-order valence-corrected chi connectivity index (χ3v) is 6.08. The number of rotatable bonds is 5. The number of fused-ring (bicyclic) bond motifs is 1. The second-order valence-electron chi connectivity index (χ2n) is 7.86. The maximum Gasteiger partial charge on any atom is 0.228 e. The van der Waals surface area contributed by atoms with Crippen LogP contribution in [0.15, 0.2) is 48.5 Å². The van der Waals surface area contributed by atoms with E-state index < -0.39 is 0 Å². The van der Waals surface area contributed by atoms with E-state index in [0.29, 0.717) is 0 Å². The Kier molecular flexibility index (Phi) is 5.60. The Morgan fingerprint density at radius 2 is 1.83 bits per heavy atom. The van der Waals surface area contributed by atoms with Crippen LogP contribution in [0.4, 0.5) is 17.5 Å². The predicted octanol–water partition coefficient (Wildman–Crippen LogP) is 4.20. The zero-order valence-electron chi connectivity index (χ0n) is 16.9. The summed E-state index contributed by atoms with van der Waals surface area (Å²) >= 11 is 6.17. The first-order chi connectivity index (χ1) is 14.8. The average Bonchev–Trinajstić information content (AvgIpc) is 3.31. The van der Waals surface area contributed by atoms with Gasteiger partial charge in [-0.15, -0.1) is 0 Å². The first-order valence-corrected chi connectivity index (χ1v) is 11.0. The number of nitrogens with one attached hydrogen (secondary N) is 1. The molecule has 0 aliphatic carbocycles. The first kappa shape index (κ1) is 19.4. The summed E-state index contributed by atoms with van der Waals surface area (Å²) in [6.07, 6.45) is 2.51. The van der Waals surface area contributed by atoms with E-state index in [0.717, 1.165) is 79.9 Å². The Labute approximate surface area is 181 Å². The molecule has 2 aliphatic heterocycles. The van der Waals surface area contributed by atoms with E-state index in [2.05, 4.69) is 33.3 Å². The van der Waals surface area contributed by atoms with E-state index >= 15 is 0 Å². The number of hydrogen-bond donors (Lipinski definition) is 1. The van der Waals surface area contributed by atoms with Crippen molar-refractivity contribution in [2.75, 3.05) is 54.4 Å². The van der Waals surface area contributed by atoms with E-state index in [1.807, 2.05) is 30.3 Å². The van der Waals surface area contributed by atoms with Crippen molar-refractivity contribution in [3.63, 3.8) is 0 Å². The zero-order chi connectivity index (χ0) is 20.3. The molecule has 2 aromatic carbocycles. The van der Waals surface area contributed by atoms with Gasteiger partial charge in [0.1, 0.15) is 5.82 Å². The van der Waals surface area contributed by atoms with Crippen LogP contribution in [0.1, 0.15) is 12.8 Å². The lowest BCUT2D eigenvalue weighted by atomic mass is 10.2. The van der Waals surface area contributed by atoms with E-state index in [9.17, 15) is 0 Å². The van der Waals surface area contributed by atoms with Crippen molar-refractivity contribution in [3.8, 4) is 0 Å². The van der Waals surface area contributed by atoms with Crippen LogP contribution in [0.5, 0.6) is 0 Å². The van der Waals surface area contributed by atoms with Gasteiger partial charge in [0.15, 0.2) is 0 Å². The third kappa shape index (κ3) is 4.16. The lowest BCUT2D eigenvalue weighted by Gasteiger charge is -2.36. The fraction of sp³-hybridized carbons (Fsp3) is 0.391. The second kappa shape index (κ2) is 8.66.